The summed E-state index contributed by atoms with van der Waals surface area (Å²) in [6, 6.07) is 0. The summed E-state index contributed by atoms with van der Waals surface area (Å²) >= 11 is 0. The lowest BCUT2D eigenvalue weighted by Crippen LogP contribution is -2.29. The minimum atomic E-state index is -0.727. The summed E-state index contributed by atoms with van der Waals surface area (Å²) < 4.78 is 5.24. The molecule has 0 bridgehead atoms. The van der Waals surface area contributed by atoms with Crippen LogP contribution in [0.4, 0.5) is 0 Å². The second-order valence-electron chi connectivity index (χ2n) is 5.49. The minimum Gasteiger partial charge on any atom is -0.454 e. The van der Waals surface area contributed by atoms with Crippen LogP contribution < -0.4 is 0 Å². The Kier molecular flexibility index (Phi) is 3.92. The quantitative estimate of drug-likeness (QED) is 0.395. The maximum Gasteiger partial charge on any atom is 0.334 e. The molecule has 1 heterocycles. The van der Waals surface area contributed by atoms with Gasteiger partial charge in [0.15, 0.2) is 0 Å². The van der Waals surface area contributed by atoms with Gasteiger partial charge in [0.2, 0.25) is 0 Å². The van der Waals surface area contributed by atoms with E-state index in [1.807, 2.05) is 19.9 Å². The van der Waals surface area contributed by atoms with E-state index in [9.17, 15) is 15.0 Å². The van der Waals surface area contributed by atoms with Crippen molar-refractivity contribution in [2.45, 2.75) is 45.0 Å². The molecule has 0 spiro atoms. The SMILES string of the molecule is C=C1C(=O)O[C@@H]2/C=C(/C)C[C@@H](O)/C=C(\C)C[C@@H](O)[C@@H]12. The van der Waals surface area contributed by atoms with E-state index >= 15 is 0 Å². The molecule has 0 saturated carbocycles. The molecule has 0 radical (unpaired) electrons. The number of aliphatic hydroxyl groups excluding tert-OH is 2. The molecule has 2 N–H and O–H groups in total. The van der Waals surface area contributed by atoms with Crippen molar-refractivity contribution in [1.82, 2.24) is 0 Å². The molecule has 104 valence electrons. The number of hydrogen-bond acceptors (Lipinski definition) is 4. The predicted molar refractivity (Wildman–Crippen MR) is 71.3 cm³/mol. The van der Waals surface area contributed by atoms with Gasteiger partial charge in [-0.1, -0.05) is 23.8 Å². The molecule has 0 aromatic carbocycles. The van der Waals surface area contributed by atoms with Crippen LogP contribution in [0.3, 0.4) is 0 Å². The van der Waals surface area contributed by atoms with Crippen LogP contribution in [0.25, 0.3) is 0 Å². The molecule has 4 nitrogen and oxygen atoms in total. The van der Waals surface area contributed by atoms with Crippen LogP contribution in [0.1, 0.15) is 26.7 Å². The van der Waals surface area contributed by atoms with Crippen molar-refractivity contribution in [2.75, 3.05) is 0 Å². The van der Waals surface area contributed by atoms with Crippen molar-refractivity contribution in [3.63, 3.8) is 0 Å². The molecule has 1 aliphatic heterocycles. The van der Waals surface area contributed by atoms with E-state index in [2.05, 4.69) is 6.58 Å². The number of rotatable bonds is 0. The number of esters is 1. The smallest absolute Gasteiger partial charge is 0.334 e. The summed E-state index contributed by atoms with van der Waals surface area (Å²) in [7, 11) is 0. The van der Waals surface area contributed by atoms with Crippen LogP contribution in [-0.2, 0) is 9.53 Å². The topological polar surface area (TPSA) is 66.8 Å². The zero-order valence-corrected chi connectivity index (χ0v) is 11.3. The molecule has 1 fully saturated rings. The molecule has 0 aromatic heterocycles. The van der Waals surface area contributed by atoms with Crippen molar-refractivity contribution < 1.29 is 19.7 Å². The molecule has 0 unspecified atom stereocenters. The Hall–Kier alpha value is -1.39. The van der Waals surface area contributed by atoms with Crippen LogP contribution in [0.5, 0.6) is 0 Å². The van der Waals surface area contributed by atoms with E-state index in [0.29, 0.717) is 18.4 Å². The molecule has 1 saturated heterocycles. The van der Waals surface area contributed by atoms with Gasteiger partial charge in [-0.3, -0.25) is 0 Å². The van der Waals surface area contributed by atoms with Crippen LogP contribution in [-0.4, -0.2) is 34.5 Å². The Balaban J connectivity index is 2.36. The largest absolute Gasteiger partial charge is 0.454 e. The van der Waals surface area contributed by atoms with Crippen LogP contribution in [0.15, 0.2) is 35.5 Å². The van der Waals surface area contributed by atoms with Crippen LogP contribution >= 0.6 is 0 Å². The summed E-state index contributed by atoms with van der Waals surface area (Å²) in [5.41, 5.74) is 2.17. The molecule has 1 aliphatic carbocycles. The lowest BCUT2D eigenvalue weighted by atomic mass is 9.85. The summed E-state index contributed by atoms with van der Waals surface area (Å²) in [5, 5.41) is 20.2. The molecule has 4 atom stereocenters. The van der Waals surface area contributed by atoms with E-state index in [-0.39, 0.29) is 0 Å². The van der Waals surface area contributed by atoms with Gasteiger partial charge in [0, 0.05) is 5.57 Å². The summed E-state index contributed by atoms with van der Waals surface area (Å²) in [4.78, 5) is 11.6. The van der Waals surface area contributed by atoms with Gasteiger partial charge in [0.25, 0.3) is 0 Å². The molecule has 0 aromatic rings. The normalized spacial score (nSPS) is 41.7. The third-order valence-electron chi connectivity index (χ3n) is 3.66. The fourth-order valence-corrected chi connectivity index (χ4v) is 2.79. The van der Waals surface area contributed by atoms with Crippen LogP contribution in [0.2, 0.25) is 0 Å². The Morgan fingerprint density at radius 3 is 2.53 bits per heavy atom. The van der Waals surface area contributed by atoms with Crippen molar-refractivity contribution in [3.05, 3.63) is 35.5 Å². The van der Waals surface area contributed by atoms with Gasteiger partial charge in [-0.2, -0.15) is 0 Å². The van der Waals surface area contributed by atoms with Gasteiger partial charge in [0.1, 0.15) is 6.10 Å². The molecular formula is C15H20O4. The maximum atomic E-state index is 11.6. The first-order valence-corrected chi connectivity index (χ1v) is 6.49. The summed E-state index contributed by atoms with van der Waals surface area (Å²) in [6.07, 6.45) is 2.69. The third kappa shape index (κ3) is 2.96. The van der Waals surface area contributed by atoms with Gasteiger partial charge in [0.05, 0.1) is 18.1 Å². The predicted octanol–water partition coefficient (Wildman–Crippen LogP) is 1.49. The van der Waals surface area contributed by atoms with E-state index in [1.54, 1.807) is 6.08 Å². The van der Waals surface area contributed by atoms with E-state index in [0.717, 1.165) is 11.1 Å². The minimum absolute atomic E-state index is 0.329. The van der Waals surface area contributed by atoms with Crippen molar-refractivity contribution >= 4 is 5.97 Å². The molecule has 2 aliphatic rings. The number of fused-ring (bicyclic) bond motifs is 1. The van der Waals surface area contributed by atoms with Crippen molar-refractivity contribution in [3.8, 4) is 0 Å². The Bertz CT molecular complexity index is 461. The lowest BCUT2D eigenvalue weighted by molar-refractivity contribution is -0.137. The zero-order valence-electron chi connectivity index (χ0n) is 11.3. The van der Waals surface area contributed by atoms with Gasteiger partial charge in [-0.25, -0.2) is 4.79 Å². The van der Waals surface area contributed by atoms with Gasteiger partial charge in [-0.15, -0.1) is 0 Å². The maximum absolute atomic E-state index is 11.6. The fraction of sp³-hybridized carbons (Fsp3) is 0.533. The second kappa shape index (κ2) is 5.31. The summed E-state index contributed by atoms with van der Waals surface area (Å²) in [6.45, 7) is 7.47. The zero-order chi connectivity index (χ0) is 14.2. The van der Waals surface area contributed by atoms with E-state index in [4.69, 9.17) is 4.74 Å². The van der Waals surface area contributed by atoms with E-state index in [1.165, 1.54) is 0 Å². The number of aliphatic hydroxyl groups is 2. The Labute approximate surface area is 113 Å². The monoisotopic (exact) mass is 264 g/mol. The lowest BCUT2D eigenvalue weighted by Gasteiger charge is -2.23. The fourth-order valence-electron chi connectivity index (χ4n) is 2.79. The number of ether oxygens (including phenoxy) is 1. The standard InChI is InChI=1S/C15H20O4/c1-8-4-11(16)5-9(2)7-13-14(12(17)6-8)10(3)15(18)19-13/h4,7,11-14,16-17H,3,5-6H2,1-2H3/b8-4+,9-7-/t11-,12+,13+,14+/m0/s1. The van der Waals surface area contributed by atoms with Gasteiger partial charge >= 0.3 is 5.97 Å². The highest BCUT2D eigenvalue weighted by Crippen LogP contribution is 2.34. The number of carbonyl (C=O) groups excluding carboxylic acids is 1. The average Bonchev–Trinajstić information content (AvgIpc) is 2.52. The molecule has 4 heteroatoms. The average molecular weight is 264 g/mol. The Morgan fingerprint density at radius 2 is 1.84 bits per heavy atom. The van der Waals surface area contributed by atoms with Crippen molar-refractivity contribution in [2.24, 2.45) is 5.92 Å². The van der Waals surface area contributed by atoms with Gasteiger partial charge in [-0.05, 0) is 32.8 Å². The number of hydrogen-bond donors (Lipinski definition) is 2. The van der Waals surface area contributed by atoms with E-state index < -0.39 is 30.2 Å². The second-order valence-corrected chi connectivity index (χ2v) is 5.49. The summed E-state index contributed by atoms with van der Waals surface area (Å²) in [5.74, 6) is -0.847. The third-order valence-corrected chi connectivity index (χ3v) is 3.66. The first-order chi connectivity index (χ1) is 8.88. The van der Waals surface area contributed by atoms with Crippen molar-refractivity contribution in [1.29, 1.82) is 0 Å². The first-order valence-electron chi connectivity index (χ1n) is 6.49. The molecular weight excluding hydrogens is 244 g/mol. The van der Waals surface area contributed by atoms with Crippen LogP contribution in [0, 0.1) is 5.92 Å². The highest BCUT2D eigenvalue weighted by Gasteiger charge is 2.42. The molecule has 0 amide bonds. The number of carbonyl (C=O) groups is 1. The first kappa shape index (κ1) is 14.0. The highest BCUT2D eigenvalue weighted by atomic mass is 16.6. The molecule has 2 rings (SSSR count). The molecule has 19 heavy (non-hydrogen) atoms. The van der Waals surface area contributed by atoms with Gasteiger partial charge < -0.3 is 14.9 Å². The Morgan fingerprint density at radius 1 is 1.21 bits per heavy atom. The highest BCUT2D eigenvalue weighted by molar-refractivity contribution is 5.91.